The van der Waals surface area contributed by atoms with Gasteiger partial charge in [0.25, 0.3) is 0 Å². The van der Waals surface area contributed by atoms with Crippen LogP contribution in [-0.2, 0) is 11.2 Å². The number of rotatable bonds is 6. The summed E-state index contributed by atoms with van der Waals surface area (Å²) in [5.41, 5.74) is 12.7. The number of anilines is 2. The minimum absolute atomic E-state index is 0.194. The van der Waals surface area contributed by atoms with E-state index in [4.69, 9.17) is 5.73 Å². The van der Waals surface area contributed by atoms with Gasteiger partial charge in [0.05, 0.1) is 5.52 Å². The first-order valence-electron chi connectivity index (χ1n) is 10.5. The van der Waals surface area contributed by atoms with Crippen molar-refractivity contribution in [2.75, 3.05) is 11.1 Å². The molecule has 0 saturated heterocycles. The molecule has 0 aliphatic carbocycles. The van der Waals surface area contributed by atoms with E-state index in [0.29, 0.717) is 11.4 Å². The summed E-state index contributed by atoms with van der Waals surface area (Å²) in [5.74, 6) is -0.194. The van der Waals surface area contributed by atoms with Crippen LogP contribution in [0.15, 0.2) is 84.9 Å². The van der Waals surface area contributed by atoms with Crippen LogP contribution in [0.4, 0.5) is 11.4 Å². The van der Waals surface area contributed by atoms with Crippen LogP contribution in [0.2, 0.25) is 0 Å². The highest BCUT2D eigenvalue weighted by molar-refractivity contribution is 6.03. The van der Waals surface area contributed by atoms with Gasteiger partial charge in [0.15, 0.2) is 0 Å². The van der Waals surface area contributed by atoms with Crippen LogP contribution in [0.1, 0.15) is 24.6 Å². The first-order valence-corrected chi connectivity index (χ1v) is 10.5. The average Bonchev–Trinajstić information content (AvgIpc) is 2.79. The number of nitrogens with zero attached hydrogens (tertiary/aromatic N) is 1. The molecule has 0 spiro atoms. The molecule has 0 aliphatic rings. The van der Waals surface area contributed by atoms with E-state index in [0.717, 1.165) is 40.6 Å². The van der Waals surface area contributed by atoms with Gasteiger partial charge in [-0.05, 0) is 53.5 Å². The lowest BCUT2D eigenvalue weighted by Crippen LogP contribution is -2.08. The number of nitrogens with one attached hydrogen (secondary N) is 1. The number of nitrogen functional groups attached to an aromatic ring is 1. The molecular formula is C27H25N3O. The normalized spacial score (nSPS) is 11.1. The summed E-state index contributed by atoms with van der Waals surface area (Å²) in [4.78, 5) is 17.0. The quantitative estimate of drug-likeness (QED) is 0.380. The molecule has 4 aromatic rings. The SMILES string of the molecule is CCCc1cc(N)c2cc(NC(=O)C=Cc3ccc(-c4ccccc4)cc3)ccc2n1. The van der Waals surface area contributed by atoms with Gasteiger partial charge in [-0.15, -0.1) is 0 Å². The molecule has 0 radical (unpaired) electrons. The van der Waals surface area contributed by atoms with Crippen molar-refractivity contribution >= 4 is 34.3 Å². The van der Waals surface area contributed by atoms with E-state index in [-0.39, 0.29) is 5.91 Å². The first-order chi connectivity index (χ1) is 15.1. The Bertz CT molecular complexity index is 1230. The molecular weight excluding hydrogens is 382 g/mol. The molecule has 0 unspecified atom stereocenters. The van der Waals surface area contributed by atoms with Gasteiger partial charge >= 0.3 is 0 Å². The van der Waals surface area contributed by atoms with Crippen LogP contribution in [-0.4, -0.2) is 10.9 Å². The molecule has 3 N–H and O–H groups in total. The van der Waals surface area contributed by atoms with Gasteiger partial charge in [-0.3, -0.25) is 9.78 Å². The topological polar surface area (TPSA) is 68.0 Å². The van der Waals surface area contributed by atoms with Crippen LogP contribution in [0, 0.1) is 0 Å². The average molecular weight is 408 g/mol. The van der Waals surface area contributed by atoms with Crippen molar-refractivity contribution in [2.45, 2.75) is 19.8 Å². The zero-order chi connectivity index (χ0) is 21.6. The molecule has 4 rings (SSSR count). The molecule has 0 aliphatic heterocycles. The first kappa shape index (κ1) is 20.4. The van der Waals surface area contributed by atoms with E-state index in [1.165, 1.54) is 11.6 Å². The lowest BCUT2D eigenvalue weighted by Gasteiger charge is -2.08. The second-order valence-electron chi connectivity index (χ2n) is 7.50. The predicted octanol–water partition coefficient (Wildman–Crippen LogP) is 6.09. The van der Waals surface area contributed by atoms with Gasteiger partial charge in [-0.25, -0.2) is 0 Å². The van der Waals surface area contributed by atoms with E-state index in [1.807, 2.05) is 54.6 Å². The highest BCUT2D eigenvalue weighted by Gasteiger charge is 2.06. The van der Waals surface area contributed by atoms with E-state index >= 15 is 0 Å². The maximum Gasteiger partial charge on any atom is 0.248 e. The molecule has 1 aromatic heterocycles. The number of carbonyl (C=O) groups excluding carboxylic acids is 1. The fraction of sp³-hybridized carbons (Fsp3) is 0.111. The lowest BCUT2D eigenvalue weighted by atomic mass is 10.0. The Morgan fingerprint density at radius 1 is 0.968 bits per heavy atom. The van der Waals surface area contributed by atoms with E-state index in [2.05, 4.69) is 41.5 Å². The Morgan fingerprint density at radius 2 is 1.71 bits per heavy atom. The zero-order valence-corrected chi connectivity index (χ0v) is 17.5. The van der Waals surface area contributed by atoms with Gasteiger partial charge in [0, 0.05) is 28.5 Å². The Hall–Kier alpha value is -3.92. The fourth-order valence-electron chi connectivity index (χ4n) is 3.54. The van der Waals surface area contributed by atoms with Crippen molar-refractivity contribution < 1.29 is 4.79 Å². The lowest BCUT2D eigenvalue weighted by molar-refractivity contribution is -0.111. The number of benzene rings is 3. The maximum atomic E-state index is 12.4. The summed E-state index contributed by atoms with van der Waals surface area (Å²) in [6.07, 6.45) is 5.26. The van der Waals surface area contributed by atoms with Gasteiger partial charge in [0.1, 0.15) is 0 Å². The van der Waals surface area contributed by atoms with Crippen molar-refractivity contribution in [3.8, 4) is 11.1 Å². The molecule has 154 valence electrons. The molecule has 4 nitrogen and oxygen atoms in total. The molecule has 1 amide bonds. The van der Waals surface area contributed by atoms with Crippen LogP contribution >= 0.6 is 0 Å². The molecule has 1 heterocycles. The van der Waals surface area contributed by atoms with Crippen LogP contribution < -0.4 is 11.1 Å². The fourth-order valence-corrected chi connectivity index (χ4v) is 3.54. The standard InChI is InChI=1S/C27H25N3O/c1-2-6-22-18-25(28)24-17-23(14-15-26(24)29-22)30-27(31)16-11-19-9-12-21(13-10-19)20-7-4-3-5-8-20/h3-5,7-18H,2,6H2,1H3,(H2,28,29)(H,30,31). The van der Waals surface area contributed by atoms with E-state index in [1.54, 1.807) is 6.08 Å². The number of hydrogen-bond donors (Lipinski definition) is 2. The van der Waals surface area contributed by atoms with E-state index in [9.17, 15) is 4.79 Å². The van der Waals surface area contributed by atoms with Gasteiger partial charge in [0.2, 0.25) is 5.91 Å². The van der Waals surface area contributed by atoms with Gasteiger partial charge in [-0.1, -0.05) is 67.9 Å². The minimum Gasteiger partial charge on any atom is -0.398 e. The van der Waals surface area contributed by atoms with Crippen molar-refractivity contribution in [1.82, 2.24) is 4.98 Å². The third-order valence-corrected chi connectivity index (χ3v) is 5.11. The summed E-state index contributed by atoms with van der Waals surface area (Å²) in [6.45, 7) is 2.12. The smallest absolute Gasteiger partial charge is 0.248 e. The summed E-state index contributed by atoms with van der Waals surface area (Å²) in [6, 6.07) is 25.8. The van der Waals surface area contributed by atoms with Crippen LogP contribution in [0.25, 0.3) is 28.1 Å². The second-order valence-corrected chi connectivity index (χ2v) is 7.50. The van der Waals surface area contributed by atoms with Gasteiger partial charge < -0.3 is 11.1 Å². The highest BCUT2D eigenvalue weighted by Crippen LogP contribution is 2.25. The number of pyridine rings is 1. The van der Waals surface area contributed by atoms with Crippen molar-refractivity contribution in [3.63, 3.8) is 0 Å². The molecule has 0 fully saturated rings. The van der Waals surface area contributed by atoms with Gasteiger partial charge in [-0.2, -0.15) is 0 Å². The Kier molecular flexibility index (Phi) is 6.08. The molecule has 0 saturated carbocycles. The number of hydrogen-bond acceptors (Lipinski definition) is 3. The number of aryl methyl sites for hydroxylation is 1. The van der Waals surface area contributed by atoms with E-state index < -0.39 is 0 Å². The molecule has 0 bridgehead atoms. The monoisotopic (exact) mass is 407 g/mol. The number of amides is 1. The summed E-state index contributed by atoms with van der Waals surface area (Å²) < 4.78 is 0. The summed E-state index contributed by atoms with van der Waals surface area (Å²) in [7, 11) is 0. The zero-order valence-electron chi connectivity index (χ0n) is 17.5. The highest BCUT2D eigenvalue weighted by atomic mass is 16.1. The summed E-state index contributed by atoms with van der Waals surface area (Å²) >= 11 is 0. The summed E-state index contributed by atoms with van der Waals surface area (Å²) in [5, 5.41) is 3.74. The van der Waals surface area contributed by atoms with Crippen molar-refractivity contribution in [2.24, 2.45) is 0 Å². The number of nitrogens with two attached hydrogens (primary N) is 1. The maximum absolute atomic E-state index is 12.4. The van der Waals surface area contributed by atoms with Crippen LogP contribution in [0.5, 0.6) is 0 Å². The van der Waals surface area contributed by atoms with Crippen LogP contribution in [0.3, 0.4) is 0 Å². The molecule has 4 heteroatoms. The Morgan fingerprint density at radius 3 is 2.45 bits per heavy atom. The molecule has 3 aromatic carbocycles. The number of aromatic nitrogens is 1. The predicted molar refractivity (Wildman–Crippen MR) is 130 cm³/mol. The molecule has 31 heavy (non-hydrogen) atoms. The minimum atomic E-state index is -0.194. The Labute approximate surface area is 182 Å². The van der Waals surface area contributed by atoms with Crippen molar-refractivity contribution in [3.05, 3.63) is 96.2 Å². The Balaban J connectivity index is 1.44. The number of carbonyl (C=O) groups is 1. The molecule has 0 atom stereocenters. The number of fused-ring (bicyclic) bond motifs is 1. The third kappa shape index (κ3) is 4.98. The third-order valence-electron chi connectivity index (χ3n) is 5.11. The second kappa shape index (κ2) is 9.26. The largest absolute Gasteiger partial charge is 0.398 e. The van der Waals surface area contributed by atoms with Crippen molar-refractivity contribution in [1.29, 1.82) is 0 Å².